The van der Waals surface area contributed by atoms with Crippen molar-refractivity contribution in [2.75, 3.05) is 18.6 Å². The lowest BCUT2D eigenvalue weighted by Crippen LogP contribution is -2.33. The molecule has 7 nitrogen and oxygen atoms in total. The van der Waals surface area contributed by atoms with E-state index in [1.807, 2.05) is 42.2 Å². The number of aromatic nitrogens is 2. The van der Waals surface area contributed by atoms with Crippen LogP contribution in [0.2, 0.25) is 0 Å². The molecule has 7 heteroatoms. The summed E-state index contributed by atoms with van der Waals surface area (Å²) in [5, 5.41) is 9.27. The molecule has 23 heavy (non-hydrogen) atoms. The molecule has 0 saturated heterocycles. The van der Waals surface area contributed by atoms with Gasteiger partial charge in [0.15, 0.2) is 5.69 Å². The second kappa shape index (κ2) is 6.95. The Kier molecular flexibility index (Phi) is 5.00. The Morgan fingerprint density at radius 2 is 2.00 bits per heavy atom. The van der Waals surface area contributed by atoms with E-state index in [1.54, 1.807) is 7.05 Å². The second-order valence-corrected chi connectivity index (χ2v) is 4.96. The zero-order valence-corrected chi connectivity index (χ0v) is 13.3. The van der Waals surface area contributed by atoms with Gasteiger partial charge in [0.25, 0.3) is 5.56 Å². The average Bonchev–Trinajstić information content (AvgIpc) is 2.56. The number of carbonyl (C=O) groups is 1. The summed E-state index contributed by atoms with van der Waals surface area (Å²) in [6.45, 7) is 3.00. The van der Waals surface area contributed by atoms with Gasteiger partial charge >= 0.3 is 5.97 Å². The lowest BCUT2D eigenvalue weighted by atomic mass is 10.2. The van der Waals surface area contributed by atoms with Crippen molar-refractivity contribution >= 4 is 11.9 Å². The largest absolute Gasteiger partial charge is 0.489 e. The Morgan fingerprint density at radius 1 is 1.35 bits per heavy atom. The van der Waals surface area contributed by atoms with E-state index in [2.05, 4.69) is 4.98 Å². The minimum Gasteiger partial charge on any atom is -0.489 e. The predicted molar refractivity (Wildman–Crippen MR) is 86.2 cm³/mol. The molecule has 1 N–H and O–H groups in total. The van der Waals surface area contributed by atoms with Gasteiger partial charge < -0.3 is 14.7 Å². The minimum absolute atomic E-state index is 0.264. The third kappa shape index (κ3) is 3.33. The molecule has 0 aliphatic carbocycles. The van der Waals surface area contributed by atoms with E-state index in [0.717, 1.165) is 5.56 Å². The summed E-state index contributed by atoms with van der Waals surface area (Å²) in [6.07, 6.45) is 0. The van der Waals surface area contributed by atoms with Crippen molar-refractivity contribution in [2.24, 2.45) is 7.05 Å². The Morgan fingerprint density at radius 3 is 2.52 bits per heavy atom. The van der Waals surface area contributed by atoms with E-state index in [0.29, 0.717) is 19.0 Å². The van der Waals surface area contributed by atoms with Crippen LogP contribution in [0.1, 0.15) is 23.0 Å². The number of ether oxygens (including phenoxy) is 1. The molecule has 2 aromatic rings. The van der Waals surface area contributed by atoms with Crippen LogP contribution in [-0.2, 0) is 13.6 Å². The molecule has 0 bridgehead atoms. The molecule has 0 unspecified atom stereocenters. The third-order valence-electron chi connectivity index (χ3n) is 3.51. The highest BCUT2D eigenvalue weighted by atomic mass is 16.5. The van der Waals surface area contributed by atoms with Crippen molar-refractivity contribution < 1.29 is 14.6 Å². The van der Waals surface area contributed by atoms with Crippen LogP contribution >= 0.6 is 0 Å². The molecule has 0 fully saturated rings. The molecule has 0 amide bonds. The zero-order chi connectivity index (χ0) is 17.0. The van der Waals surface area contributed by atoms with Gasteiger partial charge in [0.1, 0.15) is 0 Å². The molecule has 0 aliphatic heterocycles. The maximum atomic E-state index is 12.3. The highest BCUT2D eigenvalue weighted by Crippen LogP contribution is 2.18. The first-order chi connectivity index (χ1) is 11.0. The molecule has 122 valence electrons. The van der Waals surface area contributed by atoms with Gasteiger partial charge in [-0.05, 0) is 12.5 Å². The Balaban J connectivity index is 2.52. The molecule has 1 heterocycles. The summed E-state index contributed by atoms with van der Waals surface area (Å²) >= 11 is 0. The Hall–Kier alpha value is -2.83. The quantitative estimate of drug-likeness (QED) is 0.869. The number of carboxylic acids is 1. The first kappa shape index (κ1) is 16.5. The monoisotopic (exact) mass is 317 g/mol. The topological polar surface area (TPSA) is 84.7 Å². The van der Waals surface area contributed by atoms with Crippen molar-refractivity contribution in [3.05, 3.63) is 51.9 Å². The fraction of sp³-hybridized carbons (Fsp3) is 0.312. The SMILES string of the molecule is CCN(Cc1ccccc1)c1nc(C(=O)O)c(OC)c(=O)n1C. The summed E-state index contributed by atoms with van der Waals surface area (Å²) in [4.78, 5) is 29.7. The van der Waals surface area contributed by atoms with Gasteiger partial charge in [-0.2, -0.15) is 0 Å². The molecule has 0 radical (unpaired) electrons. The van der Waals surface area contributed by atoms with Gasteiger partial charge in [0.2, 0.25) is 11.7 Å². The summed E-state index contributed by atoms with van der Waals surface area (Å²) in [6, 6.07) is 9.69. The number of hydrogen-bond donors (Lipinski definition) is 1. The Bertz CT molecular complexity index is 756. The summed E-state index contributed by atoms with van der Waals surface area (Å²) in [7, 11) is 2.80. The van der Waals surface area contributed by atoms with Crippen molar-refractivity contribution in [3.63, 3.8) is 0 Å². The molecule has 1 aromatic carbocycles. The molecule has 1 aromatic heterocycles. The first-order valence-electron chi connectivity index (χ1n) is 7.16. The maximum Gasteiger partial charge on any atom is 0.358 e. The number of benzene rings is 1. The molecule has 0 spiro atoms. The number of methoxy groups -OCH3 is 1. The molecule has 0 aliphatic rings. The van der Waals surface area contributed by atoms with Crippen LogP contribution in [-0.4, -0.2) is 34.3 Å². The standard InChI is InChI=1S/C16H19N3O4/c1-4-19(10-11-8-6-5-7-9-11)16-17-12(15(21)22)13(23-3)14(20)18(16)2/h5-9H,4,10H2,1-3H3,(H,21,22). The number of rotatable bonds is 6. The van der Waals surface area contributed by atoms with Gasteiger partial charge in [0, 0.05) is 20.1 Å². The maximum absolute atomic E-state index is 12.3. The number of anilines is 1. The fourth-order valence-corrected chi connectivity index (χ4v) is 2.31. The Labute approximate surface area is 133 Å². The van der Waals surface area contributed by atoms with Crippen LogP contribution in [0.4, 0.5) is 5.95 Å². The van der Waals surface area contributed by atoms with Gasteiger partial charge in [0.05, 0.1) is 7.11 Å². The number of nitrogens with zero attached hydrogens (tertiary/aromatic N) is 3. The van der Waals surface area contributed by atoms with E-state index in [-0.39, 0.29) is 11.4 Å². The molecular formula is C16H19N3O4. The van der Waals surface area contributed by atoms with Crippen molar-refractivity contribution in [1.82, 2.24) is 9.55 Å². The van der Waals surface area contributed by atoms with Crippen LogP contribution in [0.15, 0.2) is 35.1 Å². The summed E-state index contributed by atoms with van der Waals surface area (Å²) in [5.74, 6) is -1.27. The molecule has 0 saturated carbocycles. The van der Waals surface area contributed by atoms with Crippen LogP contribution in [0.5, 0.6) is 5.75 Å². The molecular weight excluding hydrogens is 298 g/mol. The molecule has 0 atom stereocenters. The van der Waals surface area contributed by atoms with Gasteiger partial charge in [-0.1, -0.05) is 30.3 Å². The molecule has 2 rings (SSSR count). The van der Waals surface area contributed by atoms with E-state index in [9.17, 15) is 14.7 Å². The van der Waals surface area contributed by atoms with Crippen LogP contribution in [0, 0.1) is 0 Å². The van der Waals surface area contributed by atoms with Crippen molar-refractivity contribution in [1.29, 1.82) is 0 Å². The highest BCUT2D eigenvalue weighted by Gasteiger charge is 2.23. The normalized spacial score (nSPS) is 10.4. The van der Waals surface area contributed by atoms with Gasteiger partial charge in [-0.25, -0.2) is 9.78 Å². The van der Waals surface area contributed by atoms with Crippen LogP contribution in [0.25, 0.3) is 0 Å². The smallest absolute Gasteiger partial charge is 0.358 e. The van der Waals surface area contributed by atoms with E-state index >= 15 is 0 Å². The summed E-state index contributed by atoms with van der Waals surface area (Å²) < 4.78 is 6.21. The highest BCUT2D eigenvalue weighted by molar-refractivity contribution is 5.88. The lowest BCUT2D eigenvalue weighted by Gasteiger charge is -2.24. The number of aromatic carboxylic acids is 1. The average molecular weight is 317 g/mol. The van der Waals surface area contributed by atoms with Crippen LogP contribution in [0.3, 0.4) is 0 Å². The van der Waals surface area contributed by atoms with Crippen LogP contribution < -0.4 is 15.2 Å². The minimum atomic E-state index is -1.29. The number of carboxylic acid groups (broad SMARTS) is 1. The fourth-order valence-electron chi connectivity index (χ4n) is 2.31. The van der Waals surface area contributed by atoms with Gasteiger partial charge in [-0.15, -0.1) is 0 Å². The van der Waals surface area contributed by atoms with E-state index in [4.69, 9.17) is 4.74 Å². The van der Waals surface area contributed by atoms with Crippen molar-refractivity contribution in [3.8, 4) is 5.75 Å². The third-order valence-corrected chi connectivity index (χ3v) is 3.51. The predicted octanol–water partition coefficient (Wildman–Crippen LogP) is 1.51. The first-order valence-corrected chi connectivity index (χ1v) is 7.16. The van der Waals surface area contributed by atoms with Gasteiger partial charge in [-0.3, -0.25) is 9.36 Å². The van der Waals surface area contributed by atoms with E-state index in [1.165, 1.54) is 11.7 Å². The van der Waals surface area contributed by atoms with E-state index < -0.39 is 11.5 Å². The second-order valence-electron chi connectivity index (χ2n) is 4.96. The summed E-state index contributed by atoms with van der Waals surface area (Å²) in [5.41, 5.74) is 0.134. The number of hydrogen-bond acceptors (Lipinski definition) is 5. The zero-order valence-electron chi connectivity index (χ0n) is 13.3. The van der Waals surface area contributed by atoms with Crippen molar-refractivity contribution in [2.45, 2.75) is 13.5 Å². The lowest BCUT2D eigenvalue weighted by molar-refractivity contribution is 0.0685.